The van der Waals surface area contributed by atoms with E-state index < -0.39 is 34.0 Å². The average molecular weight is 972 g/mol. The molecule has 2 heterocycles. The molecule has 2 aromatic heterocycles. The number of aromatic nitrogens is 2. The second-order valence-electron chi connectivity index (χ2n) is 12.8. The van der Waals surface area contributed by atoms with Crippen LogP contribution in [-0.2, 0) is 22.0 Å². The number of alkyl halides is 1. The highest BCUT2D eigenvalue weighted by Gasteiger charge is 2.18. The molecule has 0 fully saturated rings. The van der Waals surface area contributed by atoms with Gasteiger partial charge in [0, 0.05) is 69.0 Å². The molecule has 0 spiro atoms. The number of ether oxygens (including phenoxy) is 3. The Morgan fingerprint density at radius 2 is 1.05 bits per heavy atom. The zero-order valence-corrected chi connectivity index (χ0v) is 36.8. The quantitative estimate of drug-likeness (QED) is 0.0379. The van der Waals surface area contributed by atoms with Crippen LogP contribution in [0.25, 0.3) is 21.5 Å². The Labute approximate surface area is 392 Å². The smallest absolute Gasteiger partial charge is 0.419 e. The van der Waals surface area contributed by atoms with E-state index >= 15 is 0 Å². The van der Waals surface area contributed by atoms with Gasteiger partial charge in [0.15, 0.2) is 0 Å². The van der Waals surface area contributed by atoms with Crippen molar-refractivity contribution < 1.29 is 48.3 Å². The number of nitro groups is 2. The Morgan fingerprint density at radius 3 is 1.50 bits per heavy atom. The fourth-order valence-electron chi connectivity index (χ4n) is 5.70. The third kappa shape index (κ3) is 13.2. The van der Waals surface area contributed by atoms with Gasteiger partial charge in [-0.05, 0) is 48.5 Å². The number of phenolic OH excluding ortho intramolecular Hbond substituents is 1. The van der Waals surface area contributed by atoms with Gasteiger partial charge in [-0.2, -0.15) is 0 Å². The number of hydrogen-bond donors (Lipinski definition) is 3. The number of carbonyl (C=O) groups excluding carboxylic acids is 4. The van der Waals surface area contributed by atoms with Crippen molar-refractivity contribution in [3.63, 3.8) is 0 Å². The van der Waals surface area contributed by atoms with Crippen molar-refractivity contribution in [2.24, 2.45) is 0 Å². The van der Waals surface area contributed by atoms with Crippen molar-refractivity contribution in [3.05, 3.63) is 186 Å². The number of nitrogens with one attached hydrogen (secondary N) is 2. The summed E-state index contributed by atoms with van der Waals surface area (Å²) < 4.78 is 15.4. The molecule has 0 unspecified atom stereocenters. The lowest BCUT2D eigenvalue weighted by Crippen LogP contribution is -2.18. The van der Waals surface area contributed by atoms with Gasteiger partial charge >= 0.3 is 24.1 Å². The van der Waals surface area contributed by atoms with Crippen LogP contribution in [0.5, 0.6) is 11.5 Å². The topological polar surface area (TPSA) is 252 Å². The second kappa shape index (κ2) is 23.6. The first-order valence-electron chi connectivity index (χ1n) is 18.6. The summed E-state index contributed by atoms with van der Waals surface area (Å²) in [6.45, 7) is 0.320. The number of thiazole rings is 2. The lowest BCUT2D eigenvalue weighted by molar-refractivity contribution is -0.385. The fraction of sp³-hybridized carbons (Fsp3) is 0.0455. The zero-order chi connectivity index (χ0) is 46.3. The molecule has 22 heteroatoms. The number of hydrogen-bond acceptors (Lipinski definition) is 16. The SMILES string of the molecule is Cl.ClCc1nccs1.O=C(Nc1cccc2c(O)cccc12)OC(=O)c1ccc([N+](=O)[O-])cc1.O=C(Nc1cccc2c(OCc3nccs3)cccc12)OC(=O)c1ccc([N+](=O)[O-])cc1. The standard InChI is InChI=1S/C22H15N3O6S.C18H12N2O6.C4H4ClNS.ClH/c26-21(14-7-9-15(10-8-14)25(28)29)31-22(27)24-18-5-1-4-17-16(18)3-2-6-19(17)30-13-20-23-11-12-32-20;21-16-6-2-3-13-14(16)4-1-5-15(13)19-18(23)26-17(22)11-7-9-12(10-8-11)20(24)25;5-3-4-6-1-2-7-4;/h1-12H,13H2,(H,24,27);1-10,21H,(H,19,23);1-2H,3H2;1H. The summed E-state index contributed by atoms with van der Waals surface area (Å²) in [6.07, 6.45) is 1.47. The number of anilines is 2. The highest BCUT2D eigenvalue weighted by atomic mass is 35.5. The first-order valence-corrected chi connectivity index (χ1v) is 20.9. The van der Waals surface area contributed by atoms with Crippen LogP contribution in [0, 0.1) is 20.2 Å². The van der Waals surface area contributed by atoms with E-state index in [0.717, 1.165) is 39.7 Å². The van der Waals surface area contributed by atoms with Crippen LogP contribution in [0.15, 0.2) is 144 Å². The molecule has 66 heavy (non-hydrogen) atoms. The molecular weight excluding hydrogens is 940 g/mol. The van der Waals surface area contributed by atoms with Crippen molar-refractivity contribution in [1.29, 1.82) is 0 Å². The molecule has 0 aliphatic heterocycles. The van der Waals surface area contributed by atoms with Crippen molar-refractivity contribution in [1.82, 2.24) is 9.97 Å². The number of benzene rings is 6. The van der Waals surface area contributed by atoms with E-state index in [9.17, 15) is 44.5 Å². The molecule has 0 saturated carbocycles. The van der Waals surface area contributed by atoms with Gasteiger partial charge in [0.05, 0.1) is 38.2 Å². The average Bonchev–Trinajstić information content (AvgIpc) is 4.05. The van der Waals surface area contributed by atoms with Crippen LogP contribution in [0.1, 0.15) is 30.7 Å². The van der Waals surface area contributed by atoms with E-state index in [-0.39, 0.29) is 40.7 Å². The Hall–Kier alpha value is -8.04. The summed E-state index contributed by atoms with van der Waals surface area (Å²) in [5.41, 5.74) is 0.461. The summed E-state index contributed by atoms with van der Waals surface area (Å²) in [6, 6.07) is 29.9. The van der Waals surface area contributed by atoms with Crippen LogP contribution in [0.4, 0.5) is 32.3 Å². The minimum absolute atomic E-state index is 0. The summed E-state index contributed by atoms with van der Waals surface area (Å²) in [5.74, 6) is -0.652. The maximum absolute atomic E-state index is 12.3. The molecule has 0 aliphatic carbocycles. The third-order valence-corrected chi connectivity index (χ3v) is 10.6. The Bertz CT molecular complexity index is 2980. The molecule has 18 nitrogen and oxygen atoms in total. The molecule has 2 amide bonds. The molecule has 3 N–H and O–H groups in total. The van der Waals surface area contributed by atoms with Crippen LogP contribution in [0.3, 0.4) is 0 Å². The molecule has 0 saturated heterocycles. The van der Waals surface area contributed by atoms with E-state index in [1.54, 1.807) is 78.3 Å². The Kier molecular flexibility index (Phi) is 17.5. The fourth-order valence-corrected chi connectivity index (χ4v) is 6.95. The van der Waals surface area contributed by atoms with Crippen molar-refractivity contribution in [2.45, 2.75) is 12.5 Å². The zero-order valence-electron chi connectivity index (χ0n) is 33.6. The molecule has 6 aromatic carbocycles. The highest BCUT2D eigenvalue weighted by molar-refractivity contribution is 7.09. The maximum Gasteiger partial charge on any atom is 0.419 e. The van der Waals surface area contributed by atoms with Crippen molar-refractivity contribution in [2.75, 3.05) is 10.6 Å². The van der Waals surface area contributed by atoms with E-state index in [1.165, 1.54) is 41.7 Å². The molecule has 0 aliphatic rings. The van der Waals surface area contributed by atoms with E-state index in [1.807, 2.05) is 22.9 Å². The number of nitrogens with zero attached hydrogens (tertiary/aromatic N) is 4. The van der Waals surface area contributed by atoms with Gasteiger partial charge in [-0.3, -0.25) is 30.9 Å². The number of amides is 2. The molecule has 0 bridgehead atoms. The van der Waals surface area contributed by atoms with Gasteiger partial charge in [0.2, 0.25) is 0 Å². The van der Waals surface area contributed by atoms with Gasteiger partial charge in [0.1, 0.15) is 28.1 Å². The molecule has 8 rings (SSSR count). The Balaban J connectivity index is 0.000000216. The summed E-state index contributed by atoms with van der Waals surface area (Å²) in [5, 5.41) is 44.3. The normalized spacial score (nSPS) is 10.1. The third-order valence-electron chi connectivity index (χ3n) is 8.69. The summed E-state index contributed by atoms with van der Waals surface area (Å²) in [4.78, 5) is 76.6. The maximum atomic E-state index is 12.3. The Morgan fingerprint density at radius 1 is 0.606 bits per heavy atom. The van der Waals surface area contributed by atoms with Crippen LogP contribution in [-0.4, -0.2) is 49.0 Å². The van der Waals surface area contributed by atoms with Gasteiger partial charge < -0.3 is 19.3 Å². The van der Waals surface area contributed by atoms with Crippen molar-refractivity contribution >= 4 is 115 Å². The molecule has 336 valence electrons. The predicted octanol–water partition coefficient (Wildman–Crippen LogP) is 11.3. The largest absolute Gasteiger partial charge is 0.507 e. The van der Waals surface area contributed by atoms with E-state index in [2.05, 4.69) is 20.6 Å². The number of carbonyl (C=O) groups is 4. The minimum Gasteiger partial charge on any atom is -0.507 e. The first kappa shape index (κ1) is 49.0. The number of esters is 2. The second-order valence-corrected chi connectivity index (χ2v) is 15.0. The monoisotopic (exact) mass is 970 g/mol. The number of nitro benzene ring substituents is 2. The van der Waals surface area contributed by atoms with Gasteiger partial charge in [-0.25, -0.2) is 29.1 Å². The summed E-state index contributed by atoms with van der Waals surface area (Å²) in [7, 11) is 0. The van der Waals surface area contributed by atoms with Crippen molar-refractivity contribution in [3.8, 4) is 11.5 Å². The number of halogens is 2. The molecular formula is C44H32Cl2N6O12S2. The number of aromatic hydroxyl groups is 1. The summed E-state index contributed by atoms with van der Waals surface area (Å²) >= 11 is 8.49. The number of non-ortho nitro benzene ring substituents is 2. The molecule has 8 aromatic rings. The van der Waals surface area contributed by atoms with E-state index in [4.69, 9.17) is 25.8 Å². The molecule has 0 atom stereocenters. The van der Waals surface area contributed by atoms with Gasteiger partial charge in [-0.1, -0.05) is 48.5 Å². The minimum atomic E-state index is -1.01. The van der Waals surface area contributed by atoms with Gasteiger partial charge in [-0.15, -0.1) is 46.7 Å². The van der Waals surface area contributed by atoms with Crippen LogP contribution >= 0.6 is 46.7 Å². The highest BCUT2D eigenvalue weighted by Crippen LogP contribution is 2.32. The number of fused-ring (bicyclic) bond motifs is 2. The first-order chi connectivity index (χ1) is 31.4. The predicted molar refractivity (Wildman–Crippen MR) is 250 cm³/mol. The number of phenols is 1. The number of rotatable bonds is 10. The lowest BCUT2D eigenvalue weighted by Gasteiger charge is -2.12. The lowest BCUT2D eigenvalue weighted by atomic mass is 10.1. The van der Waals surface area contributed by atoms with Crippen LogP contribution < -0.4 is 15.4 Å². The van der Waals surface area contributed by atoms with Crippen LogP contribution in [0.2, 0.25) is 0 Å². The van der Waals surface area contributed by atoms with Gasteiger partial charge in [0.25, 0.3) is 11.4 Å². The van der Waals surface area contributed by atoms with E-state index in [0.29, 0.717) is 45.8 Å². The molecule has 0 radical (unpaired) electrons.